The van der Waals surface area contributed by atoms with E-state index in [9.17, 15) is 38.3 Å². The number of nitrogens with zero attached hydrogens (tertiary/aromatic N) is 2. The van der Waals surface area contributed by atoms with Gasteiger partial charge in [0.25, 0.3) is 0 Å². The van der Waals surface area contributed by atoms with E-state index in [4.69, 9.17) is 9.47 Å². The number of hydrogen-bond donors (Lipinski definition) is 9. The first-order valence-electron chi connectivity index (χ1n) is 31.7. The van der Waals surface area contributed by atoms with Gasteiger partial charge in [0.05, 0.1) is 19.3 Å². The average Bonchev–Trinajstić information content (AvgIpc) is 1.71. The molecular formula is C68H87FN10O12S2. The minimum absolute atomic E-state index is 0.0388. The molecule has 3 aliphatic heterocycles. The number of halogens is 1. The highest BCUT2D eigenvalue weighted by molar-refractivity contribution is 7.98. The maximum Gasteiger partial charge on any atom is 0.246 e. The van der Waals surface area contributed by atoms with Gasteiger partial charge in [0.2, 0.25) is 53.2 Å². The number of rotatable bonds is 11. The monoisotopic (exact) mass is 1320 g/mol. The van der Waals surface area contributed by atoms with Gasteiger partial charge in [-0.1, -0.05) is 74.0 Å². The molecule has 2 bridgehead atoms. The molecule has 9 N–H and O–H groups in total. The molecule has 0 unspecified atom stereocenters. The van der Waals surface area contributed by atoms with Crippen molar-refractivity contribution in [2.45, 2.75) is 164 Å². The number of thioether (sulfide) groups is 2. The number of amides is 9. The maximum atomic E-state index is 15.4. The molecular weight excluding hydrogens is 1230 g/mol. The van der Waals surface area contributed by atoms with E-state index < -0.39 is 107 Å². The number of ether oxygens (including phenoxy) is 2. The minimum Gasteiger partial charge on any atom is -0.497 e. The van der Waals surface area contributed by atoms with E-state index in [1.807, 2.05) is 43.3 Å². The lowest BCUT2D eigenvalue weighted by atomic mass is 9.95. The molecule has 0 saturated carbocycles. The van der Waals surface area contributed by atoms with Crippen LogP contribution in [0.25, 0.3) is 10.9 Å². The predicted molar refractivity (Wildman–Crippen MR) is 354 cm³/mol. The summed E-state index contributed by atoms with van der Waals surface area (Å²) in [5, 5.41) is 31.7. The molecule has 9 amide bonds. The Balaban J connectivity index is 1.12. The van der Waals surface area contributed by atoms with E-state index in [2.05, 4.69) is 48.3 Å². The lowest BCUT2D eigenvalue weighted by Crippen LogP contribution is -2.64. The largest absolute Gasteiger partial charge is 0.497 e. The molecule has 8 rings (SSSR count). The summed E-state index contributed by atoms with van der Waals surface area (Å²) in [4.78, 5) is 136. The van der Waals surface area contributed by atoms with Crippen molar-refractivity contribution in [2.24, 2.45) is 0 Å². The predicted octanol–water partition coefficient (Wildman–Crippen LogP) is 4.31. The summed E-state index contributed by atoms with van der Waals surface area (Å²) in [5.74, 6) is -3.89. The van der Waals surface area contributed by atoms with Gasteiger partial charge < -0.3 is 66.6 Å². The van der Waals surface area contributed by atoms with E-state index in [0.29, 0.717) is 75.7 Å². The second kappa shape index (κ2) is 33.2. The van der Waals surface area contributed by atoms with Gasteiger partial charge in [-0.2, -0.15) is 23.5 Å². The van der Waals surface area contributed by atoms with Crippen LogP contribution in [-0.2, 0) is 85.1 Å². The van der Waals surface area contributed by atoms with Gasteiger partial charge in [0.15, 0.2) is 0 Å². The van der Waals surface area contributed by atoms with E-state index >= 15 is 14.4 Å². The van der Waals surface area contributed by atoms with E-state index in [1.54, 1.807) is 67.0 Å². The fraction of sp³-hybridized carbons (Fsp3) is 0.485. The number of benzene rings is 4. The topological polar surface area (TPSA) is 299 Å². The lowest BCUT2D eigenvalue weighted by Gasteiger charge is -2.37. The fourth-order valence-electron chi connectivity index (χ4n) is 12.0. The van der Waals surface area contributed by atoms with Crippen molar-refractivity contribution in [3.63, 3.8) is 0 Å². The third-order valence-electron chi connectivity index (χ3n) is 17.4. The minimum atomic E-state index is -1.66. The van der Waals surface area contributed by atoms with Crippen LogP contribution in [0, 0.1) is 5.82 Å². The molecule has 4 heterocycles. The molecule has 3 aliphatic rings. The molecule has 1 aromatic heterocycles. The first-order valence-corrected chi connectivity index (χ1v) is 34.0. The van der Waals surface area contributed by atoms with Crippen molar-refractivity contribution in [1.82, 2.24) is 52.0 Å². The number of nitrogens with one attached hydrogen (secondary N) is 8. The number of methoxy groups -OCH3 is 2. The van der Waals surface area contributed by atoms with Crippen LogP contribution in [-0.4, -0.2) is 178 Å². The molecule has 0 spiro atoms. The van der Waals surface area contributed by atoms with E-state index in [1.165, 1.54) is 58.1 Å². The smallest absolute Gasteiger partial charge is 0.246 e. The SMILES string of the molecule is CCCc1cccc(C[C@@H]2NC(=O)[C@@H](C)NC(=O)[C@H](C)NC(=O)CCSCc3cccc(c3)CSCCNC(=O)[C@]3(C)CCCN3C(=O)[C@H](Cc3ccc(OC)cc3)NC(=O)[C@H]([C@@H](C)OC)NC(=O)[C@@H]3[C@@H](O)CCN3C(=O)[C@H](Cc3c[nH]c4ccc(F)cc34)NC2=O)c1. The summed E-state index contributed by atoms with van der Waals surface area (Å²) in [6.45, 7) is 8.50. The van der Waals surface area contributed by atoms with Crippen molar-refractivity contribution >= 4 is 87.6 Å². The Morgan fingerprint density at radius 1 is 0.688 bits per heavy atom. The number of aliphatic hydroxyl groups excluding tert-OH is 1. The Labute approximate surface area is 550 Å². The van der Waals surface area contributed by atoms with E-state index in [-0.39, 0.29) is 57.0 Å². The molecule has 2 saturated heterocycles. The summed E-state index contributed by atoms with van der Waals surface area (Å²) in [6, 6.07) is 16.8. The zero-order valence-corrected chi connectivity index (χ0v) is 55.4. The van der Waals surface area contributed by atoms with Gasteiger partial charge in [-0.25, -0.2) is 4.39 Å². The standard InChI is InChI=1S/C68H87FN10O12S2/c1-8-12-43-13-9-14-45(31-43)34-53-62(84)75-55(35-48-37-71-52-22-19-49(69)36-51(48)52)65(87)78-28-23-56(80)59(78)64(86)77-58(42(4)90-6)63(85)76-54(33-44-17-20-50(91-7)21-18-44)66(88)79-27-11-25-68(79,5)67(89)70-26-30-93-39-47-16-10-15-46(32-47)38-92-29-24-57(81)72-40(2)60(82)73-41(3)61(83)74-53/h9-10,13-22,31-32,36-37,40-42,53-56,58-59,71,80H,8,11-12,23-30,33-35,38-39H2,1-7H3,(H,70,89)(H,72,81)(H,73,82)(H,74,83)(H,75,84)(H,76,85)(H,77,86)/t40-,41+,42+,53-,54-,55-,56-,58-,59-,68-/m0/s1. The number of aliphatic hydroxyl groups is 1. The van der Waals surface area contributed by atoms with Gasteiger partial charge in [-0.3, -0.25) is 43.2 Å². The van der Waals surface area contributed by atoms with Crippen LogP contribution in [0.2, 0.25) is 0 Å². The summed E-state index contributed by atoms with van der Waals surface area (Å²) >= 11 is 3.18. The summed E-state index contributed by atoms with van der Waals surface area (Å²) in [5.41, 5.74) is 4.03. The molecule has 500 valence electrons. The third-order valence-corrected chi connectivity index (χ3v) is 19.4. The number of aromatic nitrogens is 1. The molecule has 10 atom stereocenters. The van der Waals surface area contributed by atoms with Gasteiger partial charge in [-0.05, 0) is 117 Å². The number of fused-ring (bicyclic) bond motifs is 5. The van der Waals surface area contributed by atoms with Crippen molar-refractivity contribution in [3.05, 3.63) is 136 Å². The Bertz CT molecular complexity index is 3480. The van der Waals surface area contributed by atoms with E-state index in [0.717, 1.165) is 34.4 Å². The summed E-state index contributed by atoms with van der Waals surface area (Å²) in [7, 11) is 2.84. The zero-order valence-electron chi connectivity index (χ0n) is 53.8. The second-order valence-corrected chi connectivity index (χ2v) is 26.5. The van der Waals surface area contributed by atoms with Crippen LogP contribution >= 0.6 is 23.5 Å². The van der Waals surface area contributed by atoms with Gasteiger partial charge >= 0.3 is 0 Å². The number of aryl methyl sites for hydroxylation is 1. The second-order valence-electron chi connectivity index (χ2n) is 24.3. The number of aromatic amines is 1. The van der Waals surface area contributed by atoms with Crippen molar-refractivity contribution in [1.29, 1.82) is 0 Å². The maximum absolute atomic E-state index is 15.4. The van der Waals surface area contributed by atoms with Crippen molar-refractivity contribution < 1.29 is 62.1 Å². The molecule has 0 aliphatic carbocycles. The van der Waals surface area contributed by atoms with Crippen LogP contribution in [0.4, 0.5) is 4.39 Å². The van der Waals surface area contributed by atoms with Crippen LogP contribution in [0.3, 0.4) is 0 Å². The quantitative estimate of drug-likeness (QED) is 0.0891. The van der Waals surface area contributed by atoms with Gasteiger partial charge in [-0.15, -0.1) is 0 Å². The highest BCUT2D eigenvalue weighted by atomic mass is 32.2. The Kier molecular flexibility index (Phi) is 25.3. The van der Waals surface area contributed by atoms with Gasteiger partial charge in [0, 0.05) is 92.5 Å². The molecule has 22 nitrogen and oxygen atoms in total. The van der Waals surface area contributed by atoms with Crippen LogP contribution < -0.4 is 42.0 Å². The lowest BCUT2D eigenvalue weighted by molar-refractivity contribution is -0.147. The molecule has 0 radical (unpaired) electrons. The molecule has 93 heavy (non-hydrogen) atoms. The number of carbonyl (C=O) groups is 9. The fourth-order valence-corrected chi connectivity index (χ4v) is 13.7. The molecule has 25 heteroatoms. The first kappa shape index (κ1) is 70.9. The summed E-state index contributed by atoms with van der Waals surface area (Å²) < 4.78 is 26.0. The van der Waals surface area contributed by atoms with Crippen LogP contribution in [0.1, 0.15) is 100 Å². The Morgan fingerprint density at radius 2 is 1.34 bits per heavy atom. The van der Waals surface area contributed by atoms with Crippen molar-refractivity contribution in [3.8, 4) is 5.75 Å². The molecule has 2 fully saturated rings. The highest BCUT2D eigenvalue weighted by Gasteiger charge is 2.49. The molecule has 4 aromatic carbocycles. The molecule has 5 aromatic rings. The Morgan fingerprint density at radius 3 is 2.06 bits per heavy atom. The zero-order chi connectivity index (χ0) is 66.9. The van der Waals surface area contributed by atoms with Crippen LogP contribution in [0.15, 0.2) is 97.2 Å². The number of carbonyl (C=O) groups excluding carboxylic acids is 9. The normalized spacial score (nSPS) is 25.5. The van der Waals surface area contributed by atoms with Crippen molar-refractivity contribution in [2.75, 3.05) is 45.4 Å². The Hall–Kier alpha value is -8.00. The van der Waals surface area contributed by atoms with Gasteiger partial charge in [0.1, 0.15) is 59.4 Å². The highest BCUT2D eigenvalue weighted by Crippen LogP contribution is 2.32. The van der Waals surface area contributed by atoms with Crippen LogP contribution in [0.5, 0.6) is 5.75 Å². The summed E-state index contributed by atoms with van der Waals surface area (Å²) in [6.07, 6.45) is 0.994. The first-order chi connectivity index (χ1) is 44.6. The average molecular weight is 1320 g/mol. The number of H-pyrrole nitrogens is 1. The number of hydrogen-bond acceptors (Lipinski definition) is 14. The third kappa shape index (κ3) is 18.7.